The molecular weight excluding hydrogens is 334 g/mol. The number of rotatable bonds is 4. The van der Waals surface area contributed by atoms with Gasteiger partial charge in [0.15, 0.2) is 0 Å². The molecule has 2 aromatic rings. The molecule has 1 fully saturated rings. The van der Waals surface area contributed by atoms with Gasteiger partial charge in [0.25, 0.3) is 0 Å². The summed E-state index contributed by atoms with van der Waals surface area (Å²) in [4.78, 5) is 2.45. The molecule has 0 aromatic heterocycles. The Bertz CT molecular complexity index is 783. The van der Waals surface area contributed by atoms with Crippen LogP contribution >= 0.6 is 12.4 Å². The van der Waals surface area contributed by atoms with Crippen molar-refractivity contribution in [1.82, 2.24) is 4.90 Å². The van der Waals surface area contributed by atoms with E-state index in [1.54, 1.807) is 6.07 Å². The number of likely N-dealkylation sites (N-methyl/N-ethyl adjacent to an activating group) is 1. The average Bonchev–Trinajstić information content (AvgIpc) is 3.42. The third-order valence-corrected chi connectivity index (χ3v) is 4.92. The van der Waals surface area contributed by atoms with Crippen LogP contribution < -0.4 is 4.74 Å². The van der Waals surface area contributed by atoms with Crippen LogP contribution in [0.3, 0.4) is 0 Å². The molecule has 0 atom stereocenters. The van der Waals surface area contributed by atoms with Crippen molar-refractivity contribution in [2.24, 2.45) is 0 Å². The molecule has 0 radical (unpaired) electrons. The number of halogens is 1. The van der Waals surface area contributed by atoms with Gasteiger partial charge in [-0.05, 0) is 54.8 Å². The largest absolute Gasteiger partial charge is 0.508 e. The maximum absolute atomic E-state index is 9.96. The van der Waals surface area contributed by atoms with E-state index >= 15 is 0 Å². The minimum Gasteiger partial charge on any atom is -0.508 e. The number of aromatic hydroxyl groups is 1. The van der Waals surface area contributed by atoms with Crippen LogP contribution in [0.5, 0.6) is 11.5 Å². The van der Waals surface area contributed by atoms with E-state index in [4.69, 9.17) is 4.74 Å². The van der Waals surface area contributed by atoms with Crippen molar-refractivity contribution in [2.75, 3.05) is 20.2 Å². The Balaban J connectivity index is 0.00000182. The van der Waals surface area contributed by atoms with Crippen LogP contribution in [0.4, 0.5) is 0 Å². The predicted molar refractivity (Wildman–Crippen MR) is 104 cm³/mol. The van der Waals surface area contributed by atoms with Gasteiger partial charge >= 0.3 is 0 Å². The first-order valence-electron chi connectivity index (χ1n) is 8.66. The van der Waals surface area contributed by atoms with Gasteiger partial charge in [0.05, 0.1) is 6.61 Å². The maximum Gasteiger partial charge on any atom is 0.127 e. The maximum atomic E-state index is 9.96. The van der Waals surface area contributed by atoms with E-state index < -0.39 is 0 Å². The summed E-state index contributed by atoms with van der Waals surface area (Å²) < 4.78 is 6.00. The van der Waals surface area contributed by atoms with Crippen LogP contribution in [0.2, 0.25) is 0 Å². The first-order chi connectivity index (χ1) is 11.7. The molecule has 1 saturated carbocycles. The summed E-state index contributed by atoms with van der Waals surface area (Å²) in [6, 6.07) is 16.5. The number of phenols is 1. The normalized spacial score (nSPS) is 16.7. The van der Waals surface area contributed by atoms with E-state index in [0.29, 0.717) is 12.4 Å². The van der Waals surface area contributed by atoms with Gasteiger partial charge in [0.2, 0.25) is 0 Å². The molecule has 0 spiro atoms. The van der Waals surface area contributed by atoms with E-state index in [1.165, 1.54) is 24.0 Å². The molecule has 4 rings (SSSR count). The predicted octanol–water partition coefficient (Wildman–Crippen LogP) is 4.49. The fraction of sp³-hybridized carbons (Fsp3) is 0.333. The van der Waals surface area contributed by atoms with Crippen molar-refractivity contribution in [2.45, 2.75) is 25.3 Å². The second-order valence-electron chi connectivity index (χ2n) is 6.77. The summed E-state index contributed by atoms with van der Waals surface area (Å²) in [7, 11) is 2.21. The van der Waals surface area contributed by atoms with Gasteiger partial charge in [-0.1, -0.05) is 30.3 Å². The molecule has 25 heavy (non-hydrogen) atoms. The first kappa shape index (κ1) is 17.8. The lowest BCUT2D eigenvalue weighted by Crippen LogP contribution is -2.24. The third-order valence-electron chi connectivity index (χ3n) is 4.92. The van der Waals surface area contributed by atoms with Crippen LogP contribution in [0.1, 0.15) is 30.4 Å². The summed E-state index contributed by atoms with van der Waals surface area (Å²) in [5.74, 6) is 1.23. The van der Waals surface area contributed by atoms with Crippen molar-refractivity contribution in [3.63, 3.8) is 0 Å². The van der Waals surface area contributed by atoms with E-state index in [1.807, 2.05) is 24.3 Å². The van der Waals surface area contributed by atoms with E-state index in [9.17, 15) is 5.11 Å². The number of ether oxygens (including phenoxy) is 1. The topological polar surface area (TPSA) is 32.7 Å². The van der Waals surface area contributed by atoms with Crippen LogP contribution in [-0.2, 0) is 0 Å². The Labute approximate surface area is 155 Å². The molecule has 2 aliphatic rings. The molecule has 4 heteroatoms. The lowest BCUT2D eigenvalue weighted by molar-refractivity contribution is 0.309. The van der Waals surface area contributed by atoms with Crippen LogP contribution in [0, 0.1) is 0 Å². The van der Waals surface area contributed by atoms with Crippen molar-refractivity contribution in [1.29, 1.82) is 0 Å². The molecular formula is C21H24ClNO2. The number of hydrogen-bond donors (Lipinski definition) is 1. The Kier molecular flexibility index (Phi) is 5.36. The molecule has 3 nitrogen and oxygen atoms in total. The van der Waals surface area contributed by atoms with Crippen molar-refractivity contribution < 1.29 is 9.84 Å². The minimum atomic E-state index is 0. The van der Waals surface area contributed by atoms with Gasteiger partial charge < -0.3 is 9.84 Å². The minimum absolute atomic E-state index is 0. The van der Waals surface area contributed by atoms with Gasteiger partial charge in [-0.15, -0.1) is 12.4 Å². The van der Waals surface area contributed by atoms with Crippen LogP contribution in [0.15, 0.2) is 54.1 Å². The highest BCUT2D eigenvalue weighted by atomic mass is 35.5. The molecule has 132 valence electrons. The van der Waals surface area contributed by atoms with Gasteiger partial charge in [-0.25, -0.2) is 0 Å². The highest BCUT2D eigenvalue weighted by Gasteiger charge is 2.28. The van der Waals surface area contributed by atoms with Gasteiger partial charge in [0, 0.05) is 24.6 Å². The summed E-state index contributed by atoms with van der Waals surface area (Å²) in [5.41, 5.74) is 4.79. The number of fused-ring (bicyclic) bond motifs is 1. The monoisotopic (exact) mass is 357 g/mol. The standard InChI is InChI=1S/C21H23NO2.ClH/c1-22(17-9-10-17)14-16-11-12-24-20-8-3-2-7-19(20)21(16)15-5-4-6-18(23)13-15;/h2-8,13,17,23H,9-12,14H2,1H3;1H. The molecule has 0 saturated heterocycles. The molecule has 2 aromatic carbocycles. The Morgan fingerprint density at radius 3 is 2.68 bits per heavy atom. The number of para-hydroxylation sites is 1. The quantitative estimate of drug-likeness (QED) is 0.874. The van der Waals surface area contributed by atoms with Crippen molar-refractivity contribution in [3.8, 4) is 11.5 Å². The summed E-state index contributed by atoms with van der Waals surface area (Å²) in [6.45, 7) is 1.65. The van der Waals surface area contributed by atoms with E-state index in [2.05, 4.69) is 30.1 Å². The lowest BCUT2D eigenvalue weighted by Gasteiger charge is -2.21. The second-order valence-corrected chi connectivity index (χ2v) is 6.77. The molecule has 0 bridgehead atoms. The molecule has 0 amide bonds. The molecule has 0 unspecified atom stereocenters. The van der Waals surface area contributed by atoms with E-state index in [0.717, 1.165) is 35.9 Å². The molecule has 1 aliphatic carbocycles. The zero-order chi connectivity index (χ0) is 16.5. The average molecular weight is 358 g/mol. The Morgan fingerprint density at radius 1 is 1.12 bits per heavy atom. The fourth-order valence-corrected chi connectivity index (χ4v) is 3.52. The number of hydrogen-bond acceptors (Lipinski definition) is 3. The zero-order valence-corrected chi connectivity index (χ0v) is 15.3. The van der Waals surface area contributed by atoms with Gasteiger partial charge in [0.1, 0.15) is 11.5 Å². The SMILES string of the molecule is CN(CC1=C(c2cccc(O)c2)c2ccccc2OCC1)C1CC1.Cl. The van der Waals surface area contributed by atoms with Crippen molar-refractivity contribution in [3.05, 3.63) is 65.2 Å². The second kappa shape index (κ2) is 7.51. The molecule has 1 aliphatic heterocycles. The zero-order valence-electron chi connectivity index (χ0n) is 14.4. The van der Waals surface area contributed by atoms with Gasteiger partial charge in [-0.2, -0.15) is 0 Å². The molecule has 1 N–H and O–H groups in total. The highest BCUT2D eigenvalue weighted by molar-refractivity contribution is 5.86. The Hall–Kier alpha value is -1.97. The van der Waals surface area contributed by atoms with Gasteiger partial charge in [-0.3, -0.25) is 4.90 Å². The number of phenolic OH excluding ortho intramolecular Hbond substituents is 1. The number of nitrogens with zero attached hydrogens (tertiary/aromatic N) is 1. The highest BCUT2D eigenvalue weighted by Crippen LogP contribution is 2.38. The smallest absolute Gasteiger partial charge is 0.127 e. The van der Waals surface area contributed by atoms with Crippen LogP contribution in [-0.4, -0.2) is 36.2 Å². The fourth-order valence-electron chi connectivity index (χ4n) is 3.52. The lowest BCUT2D eigenvalue weighted by atomic mass is 9.91. The third kappa shape index (κ3) is 3.83. The summed E-state index contributed by atoms with van der Waals surface area (Å²) in [5, 5.41) is 9.96. The summed E-state index contributed by atoms with van der Waals surface area (Å²) in [6.07, 6.45) is 3.52. The summed E-state index contributed by atoms with van der Waals surface area (Å²) >= 11 is 0. The number of benzene rings is 2. The van der Waals surface area contributed by atoms with Crippen LogP contribution in [0.25, 0.3) is 5.57 Å². The molecule has 1 heterocycles. The first-order valence-corrected chi connectivity index (χ1v) is 8.66. The van der Waals surface area contributed by atoms with E-state index in [-0.39, 0.29) is 12.4 Å². The van der Waals surface area contributed by atoms with Crippen molar-refractivity contribution >= 4 is 18.0 Å². The Morgan fingerprint density at radius 2 is 1.92 bits per heavy atom.